The minimum atomic E-state index is 0.247. The van der Waals surface area contributed by atoms with E-state index in [1.165, 1.54) is 0 Å². The number of nitrogens with one attached hydrogen (secondary N) is 1. The molecule has 0 spiro atoms. The van der Waals surface area contributed by atoms with Gasteiger partial charge in [-0.05, 0) is 48.9 Å². The Labute approximate surface area is 145 Å². The average molecular weight is 331 g/mol. The Morgan fingerprint density at radius 3 is 2.72 bits per heavy atom. The summed E-state index contributed by atoms with van der Waals surface area (Å²) in [5, 5.41) is 10.5. The molecular weight excluding hydrogens is 314 g/mol. The van der Waals surface area contributed by atoms with Gasteiger partial charge in [0.2, 0.25) is 5.88 Å². The molecule has 0 aliphatic heterocycles. The number of fused-ring (bicyclic) bond motifs is 1. The number of aromatic hydroxyl groups is 1. The zero-order valence-electron chi connectivity index (χ0n) is 13.7. The first-order chi connectivity index (χ1) is 12.2. The van der Waals surface area contributed by atoms with Crippen LogP contribution >= 0.6 is 0 Å². The van der Waals surface area contributed by atoms with E-state index in [9.17, 15) is 5.11 Å². The van der Waals surface area contributed by atoms with E-state index in [0.717, 1.165) is 27.9 Å². The van der Waals surface area contributed by atoms with Crippen LogP contribution in [-0.4, -0.2) is 20.1 Å². The number of phenols is 1. The molecule has 124 valence electrons. The summed E-state index contributed by atoms with van der Waals surface area (Å²) in [5.41, 5.74) is 3.23. The van der Waals surface area contributed by atoms with Crippen LogP contribution in [0.25, 0.3) is 10.9 Å². The van der Waals surface area contributed by atoms with E-state index < -0.39 is 0 Å². The van der Waals surface area contributed by atoms with Gasteiger partial charge >= 0.3 is 0 Å². The summed E-state index contributed by atoms with van der Waals surface area (Å²) in [7, 11) is 0. The summed E-state index contributed by atoms with van der Waals surface area (Å²) in [6, 6.07) is 16.7. The summed E-state index contributed by atoms with van der Waals surface area (Å²) in [6.45, 7) is 2.03. The number of H-pyrrole nitrogens is 1. The van der Waals surface area contributed by atoms with Crippen molar-refractivity contribution in [1.82, 2.24) is 15.0 Å². The minimum absolute atomic E-state index is 0.247. The number of ether oxygens (including phenoxy) is 1. The highest BCUT2D eigenvalue weighted by molar-refractivity contribution is 5.81. The van der Waals surface area contributed by atoms with E-state index in [1.54, 1.807) is 24.4 Å². The molecule has 0 atom stereocenters. The summed E-state index contributed by atoms with van der Waals surface area (Å²) in [4.78, 5) is 12.1. The summed E-state index contributed by atoms with van der Waals surface area (Å²) < 4.78 is 5.89. The van der Waals surface area contributed by atoms with Crippen molar-refractivity contribution >= 4 is 10.9 Å². The van der Waals surface area contributed by atoms with Gasteiger partial charge in [-0.3, -0.25) is 0 Å². The molecule has 0 aliphatic carbocycles. The first kappa shape index (κ1) is 15.2. The van der Waals surface area contributed by atoms with Crippen molar-refractivity contribution in [2.45, 2.75) is 13.3 Å². The molecule has 25 heavy (non-hydrogen) atoms. The number of phenolic OH excluding ortho intramolecular Hbond substituents is 1. The second-order valence-electron chi connectivity index (χ2n) is 5.96. The van der Waals surface area contributed by atoms with Crippen molar-refractivity contribution in [3.63, 3.8) is 0 Å². The third-order valence-corrected chi connectivity index (χ3v) is 3.93. The molecular formula is C20H17N3O2. The van der Waals surface area contributed by atoms with Crippen molar-refractivity contribution in [3.8, 4) is 17.4 Å². The van der Waals surface area contributed by atoms with E-state index >= 15 is 0 Å². The highest BCUT2D eigenvalue weighted by Crippen LogP contribution is 2.25. The summed E-state index contributed by atoms with van der Waals surface area (Å²) >= 11 is 0. The lowest BCUT2D eigenvalue weighted by atomic mass is 10.1. The fourth-order valence-corrected chi connectivity index (χ4v) is 2.76. The van der Waals surface area contributed by atoms with Gasteiger partial charge in [0.05, 0.1) is 0 Å². The molecule has 2 aromatic carbocycles. The maximum atomic E-state index is 9.35. The molecule has 2 aromatic heterocycles. The van der Waals surface area contributed by atoms with Crippen LogP contribution in [0.3, 0.4) is 0 Å². The van der Waals surface area contributed by atoms with Crippen LogP contribution < -0.4 is 4.74 Å². The first-order valence-corrected chi connectivity index (χ1v) is 8.03. The van der Waals surface area contributed by atoms with Crippen LogP contribution in [0.15, 0.2) is 60.8 Å². The van der Waals surface area contributed by atoms with Crippen molar-refractivity contribution in [3.05, 3.63) is 77.9 Å². The maximum absolute atomic E-state index is 9.35. The second kappa shape index (κ2) is 6.28. The van der Waals surface area contributed by atoms with Gasteiger partial charge in [-0.25, -0.2) is 4.98 Å². The lowest BCUT2D eigenvalue weighted by Crippen LogP contribution is -1.98. The Morgan fingerprint density at radius 1 is 1.04 bits per heavy atom. The predicted octanol–water partition coefficient (Wildman–Crippen LogP) is 4.36. The molecule has 4 aromatic rings. The van der Waals surface area contributed by atoms with Gasteiger partial charge < -0.3 is 14.8 Å². The van der Waals surface area contributed by atoms with E-state index in [4.69, 9.17) is 4.74 Å². The molecule has 2 N–H and O–H groups in total. The first-order valence-electron chi connectivity index (χ1n) is 8.03. The highest BCUT2D eigenvalue weighted by atomic mass is 16.5. The van der Waals surface area contributed by atoms with Crippen LogP contribution in [0, 0.1) is 6.92 Å². The largest absolute Gasteiger partial charge is 0.508 e. The number of aromatic amines is 1. The number of rotatable bonds is 4. The Morgan fingerprint density at radius 2 is 1.88 bits per heavy atom. The average Bonchev–Trinajstić information content (AvgIpc) is 2.97. The topological polar surface area (TPSA) is 71.0 Å². The molecule has 0 saturated carbocycles. The zero-order valence-corrected chi connectivity index (χ0v) is 13.7. The van der Waals surface area contributed by atoms with Crippen LogP contribution in [0.1, 0.15) is 17.1 Å². The monoisotopic (exact) mass is 331 g/mol. The number of nitrogens with zero attached hydrogens (tertiary/aromatic N) is 2. The van der Waals surface area contributed by atoms with Gasteiger partial charge in [0, 0.05) is 35.3 Å². The summed E-state index contributed by atoms with van der Waals surface area (Å²) in [6.07, 6.45) is 2.27. The molecule has 4 rings (SSSR count). The van der Waals surface area contributed by atoms with Crippen LogP contribution in [0.2, 0.25) is 0 Å². The zero-order chi connectivity index (χ0) is 17.2. The SMILES string of the molecule is Cc1cc2cc(Oc3ccnc(Cc4ccc(O)cc4)n3)ccc2[nH]1. The lowest BCUT2D eigenvalue weighted by Gasteiger charge is -2.06. The molecule has 0 bridgehead atoms. The number of benzene rings is 2. The van der Waals surface area contributed by atoms with E-state index in [2.05, 4.69) is 21.0 Å². The van der Waals surface area contributed by atoms with E-state index in [1.807, 2.05) is 37.3 Å². The van der Waals surface area contributed by atoms with E-state index in [-0.39, 0.29) is 5.75 Å². The van der Waals surface area contributed by atoms with Crippen molar-refractivity contribution in [2.24, 2.45) is 0 Å². The minimum Gasteiger partial charge on any atom is -0.508 e. The molecule has 0 amide bonds. The Bertz CT molecular complexity index is 1020. The van der Waals surface area contributed by atoms with Crippen molar-refractivity contribution < 1.29 is 9.84 Å². The molecule has 0 unspecified atom stereocenters. The van der Waals surface area contributed by atoms with Gasteiger partial charge in [0.1, 0.15) is 17.3 Å². The van der Waals surface area contributed by atoms with Crippen molar-refractivity contribution in [2.75, 3.05) is 0 Å². The Kier molecular flexibility index (Phi) is 3.82. The quantitative estimate of drug-likeness (QED) is 0.583. The molecule has 2 heterocycles. The van der Waals surface area contributed by atoms with Gasteiger partial charge in [0.25, 0.3) is 0 Å². The third kappa shape index (κ3) is 3.45. The Hall–Kier alpha value is -3.34. The number of aromatic nitrogens is 3. The molecule has 0 saturated heterocycles. The Balaban J connectivity index is 1.54. The molecule has 0 aliphatic rings. The summed E-state index contributed by atoms with van der Waals surface area (Å²) in [5.74, 6) is 2.16. The normalized spacial score (nSPS) is 10.9. The van der Waals surface area contributed by atoms with Gasteiger partial charge in [-0.2, -0.15) is 4.98 Å². The number of hydrogen-bond acceptors (Lipinski definition) is 4. The van der Waals surface area contributed by atoms with E-state index in [0.29, 0.717) is 18.1 Å². The molecule has 5 heteroatoms. The highest BCUT2D eigenvalue weighted by Gasteiger charge is 2.05. The number of hydrogen-bond donors (Lipinski definition) is 2. The van der Waals surface area contributed by atoms with Crippen LogP contribution in [-0.2, 0) is 6.42 Å². The van der Waals surface area contributed by atoms with Crippen molar-refractivity contribution in [1.29, 1.82) is 0 Å². The maximum Gasteiger partial charge on any atom is 0.222 e. The van der Waals surface area contributed by atoms with Crippen LogP contribution in [0.5, 0.6) is 17.4 Å². The number of aryl methyl sites for hydroxylation is 1. The standard InChI is InChI=1S/C20H17N3O2/c1-13-10-15-12-17(6-7-18(15)22-13)25-20-8-9-21-19(23-20)11-14-2-4-16(24)5-3-14/h2-10,12,22,24H,11H2,1H3. The molecule has 5 nitrogen and oxygen atoms in total. The third-order valence-electron chi connectivity index (χ3n) is 3.93. The predicted molar refractivity (Wildman–Crippen MR) is 96.1 cm³/mol. The van der Waals surface area contributed by atoms with Gasteiger partial charge in [-0.1, -0.05) is 12.1 Å². The fraction of sp³-hybridized carbons (Fsp3) is 0.100. The van der Waals surface area contributed by atoms with Gasteiger partial charge in [-0.15, -0.1) is 0 Å². The second-order valence-corrected chi connectivity index (χ2v) is 5.96. The fourth-order valence-electron chi connectivity index (χ4n) is 2.76. The van der Waals surface area contributed by atoms with Crippen LogP contribution in [0.4, 0.5) is 0 Å². The molecule has 0 fully saturated rings. The van der Waals surface area contributed by atoms with Gasteiger partial charge in [0.15, 0.2) is 0 Å². The smallest absolute Gasteiger partial charge is 0.222 e. The lowest BCUT2D eigenvalue weighted by molar-refractivity contribution is 0.459. The molecule has 0 radical (unpaired) electrons.